The second-order valence-corrected chi connectivity index (χ2v) is 4.21. The summed E-state index contributed by atoms with van der Waals surface area (Å²) in [5.41, 5.74) is 3.67. The minimum atomic E-state index is 0.561. The van der Waals surface area contributed by atoms with Crippen LogP contribution >= 0.6 is 11.6 Å². The van der Waals surface area contributed by atoms with Crippen LogP contribution in [0, 0.1) is 0 Å². The van der Waals surface area contributed by atoms with E-state index in [1.807, 2.05) is 35.9 Å². The highest BCUT2D eigenvalue weighted by Crippen LogP contribution is 2.13. The van der Waals surface area contributed by atoms with E-state index in [2.05, 4.69) is 15.6 Å². The van der Waals surface area contributed by atoms with Crippen LogP contribution < -0.4 is 11.3 Å². The van der Waals surface area contributed by atoms with E-state index in [0.717, 1.165) is 23.7 Å². The van der Waals surface area contributed by atoms with Crippen molar-refractivity contribution in [2.75, 3.05) is 5.43 Å². The molecule has 1 aromatic heterocycles. The molecule has 5 nitrogen and oxygen atoms in total. The van der Waals surface area contributed by atoms with E-state index in [4.69, 9.17) is 17.4 Å². The van der Waals surface area contributed by atoms with E-state index < -0.39 is 0 Å². The Labute approximate surface area is 105 Å². The second-order valence-electron chi connectivity index (χ2n) is 3.77. The van der Waals surface area contributed by atoms with Gasteiger partial charge in [-0.05, 0) is 24.1 Å². The Kier molecular flexibility index (Phi) is 3.61. The Morgan fingerprint density at radius 2 is 2.18 bits per heavy atom. The van der Waals surface area contributed by atoms with Crippen LogP contribution in [0.2, 0.25) is 5.02 Å². The van der Waals surface area contributed by atoms with Gasteiger partial charge < -0.3 is 0 Å². The molecular weight excluding hydrogens is 238 g/mol. The first-order chi connectivity index (χ1) is 8.20. The summed E-state index contributed by atoms with van der Waals surface area (Å²) in [7, 11) is 1.88. The highest BCUT2D eigenvalue weighted by molar-refractivity contribution is 6.30. The molecule has 90 valence electrons. The molecule has 0 aliphatic heterocycles. The number of hydrazine groups is 1. The fourth-order valence-corrected chi connectivity index (χ4v) is 1.87. The van der Waals surface area contributed by atoms with Gasteiger partial charge in [0, 0.05) is 18.5 Å². The number of benzene rings is 1. The lowest BCUT2D eigenvalue weighted by molar-refractivity contribution is 0.771. The highest BCUT2D eigenvalue weighted by Gasteiger charge is 2.07. The van der Waals surface area contributed by atoms with Crippen molar-refractivity contribution in [1.82, 2.24) is 14.8 Å². The minimum Gasteiger partial charge on any atom is -0.300 e. The topological polar surface area (TPSA) is 68.8 Å². The monoisotopic (exact) mass is 251 g/mol. The lowest BCUT2D eigenvalue weighted by atomic mass is 10.1. The summed E-state index contributed by atoms with van der Waals surface area (Å²) in [5.74, 6) is 6.75. The number of nitrogens with zero attached hydrogens (tertiary/aromatic N) is 3. The Balaban J connectivity index is 2.05. The van der Waals surface area contributed by atoms with Gasteiger partial charge in [-0.25, -0.2) is 5.84 Å². The van der Waals surface area contributed by atoms with Crippen LogP contribution in [0.25, 0.3) is 0 Å². The lowest BCUT2D eigenvalue weighted by Crippen LogP contribution is -2.12. The lowest BCUT2D eigenvalue weighted by Gasteiger charge is -2.03. The molecule has 1 heterocycles. The summed E-state index contributed by atoms with van der Waals surface area (Å²) < 4.78 is 1.84. The molecule has 2 aromatic rings. The van der Waals surface area contributed by atoms with Gasteiger partial charge in [-0.1, -0.05) is 23.7 Å². The third kappa shape index (κ3) is 2.75. The average Bonchev–Trinajstić information content (AvgIpc) is 2.67. The maximum atomic E-state index is 5.92. The number of nitrogen functional groups attached to an aromatic ring is 1. The molecule has 0 spiro atoms. The number of hydrogen-bond donors (Lipinski definition) is 2. The van der Waals surface area contributed by atoms with Crippen molar-refractivity contribution in [1.29, 1.82) is 0 Å². The molecule has 6 heteroatoms. The number of nitrogens with two attached hydrogens (primary N) is 1. The van der Waals surface area contributed by atoms with Crippen LogP contribution in [0.5, 0.6) is 0 Å². The molecule has 0 amide bonds. The first-order valence-electron chi connectivity index (χ1n) is 5.30. The van der Waals surface area contributed by atoms with Gasteiger partial charge in [0.05, 0.1) is 0 Å². The standard InChI is InChI=1S/C11H14ClN5/c1-17-10(15-16-11(17)14-13)6-5-8-3-2-4-9(12)7-8/h2-4,7H,5-6,13H2,1H3,(H,14,16). The predicted octanol–water partition coefficient (Wildman–Crippen LogP) is 1.54. The smallest absolute Gasteiger partial charge is 0.238 e. The zero-order valence-corrected chi connectivity index (χ0v) is 10.3. The van der Waals surface area contributed by atoms with Gasteiger partial charge in [-0.2, -0.15) is 0 Å². The van der Waals surface area contributed by atoms with Crippen LogP contribution in [0.4, 0.5) is 5.95 Å². The molecule has 0 unspecified atom stereocenters. The van der Waals surface area contributed by atoms with Crippen molar-refractivity contribution in [2.45, 2.75) is 12.8 Å². The van der Waals surface area contributed by atoms with Crippen molar-refractivity contribution in [2.24, 2.45) is 12.9 Å². The predicted molar refractivity (Wildman–Crippen MR) is 67.7 cm³/mol. The molecule has 17 heavy (non-hydrogen) atoms. The van der Waals surface area contributed by atoms with Crippen molar-refractivity contribution in [3.63, 3.8) is 0 Å². The molecule has 0 atom stereocenters. The number of halogens is 1. The third-order valence-corrected chi connectivity index (χ3v) is 2.86. The quantitative estimate of drug-likeness (QED) is 0.639. The Morgan fingerprint density at radius 1 is 1.35 bits per heavy atom. The van der Waals surface area contributed by atoms with Crippen LogP contribution in [-0.2, 0) is 19.9 Å². The summed E-state index contributed by atoms with van der Waals surface area (Å²) in [4.78, 5) is 0. The molecular formula is C11H14ClN5. The second kappa shape index (κ2) is 5.16. The molecule has 0 fully saturated rings. The van der Waals surface area contributed by atoms with Gasteiger partial charge in [0.1, 0.15) is 5.82 Å². The number of aryl methyl sites for hydroxylation is 2. The van der Waals surface area contributed by atoms with Crippen LogP contribution in [0.1, 0.15) is 11.4 Å². The van der Waals surface area contributed by atoms with E-state index in [9.17, 15) is 0 Å². The van der Waals surface area contributed by atoms with Crippen molar-refractivity contribution in [3.8, 4) is 0 Å². The first-order valence-corrected chi connectivity index (χ1v) is 5.68. The van der Waals surface area contributed by atoms with E-state index in [1.165, 1.54) is 5.56 Å². The maximum Gasteiger partial charge on any atom is 0.238 e. The van der Waals surface area contributed by atoms with Crippen molar-refractivity contribution in [3.05, 3.63) is 40.7 Å². The van der Waals surface area contributed by atoms with Crippen molar-refractivity contribution < 1.29 is 0 Å². The zero-order chi connectivity index (χ0) is 12.3. The molecule has 1 aromatic carbocycles. The summed E-state index contributed by atoms with van der Waals surface area (Å²) >= 11 is 5.92. The van der Waals surface area contributed by atoms with E-state index in [0.29, 0.717) is 5.95 Å². The molecule has 0 bridgehead atoms. The third-order valence-electron chi connectivity index (χ3n) is 2.62. The average molecular weight is 252 g/mol. The molecule has 0 radical (unpaired) electrons. The number of nitrogens with one attached hydrogen (secondary N) is 1. The van der Waals surface area contributed by atoms with Gasteiger partial charge >= 0.3 is 0 Å². The summed E-state index contributed by atoms with van der Waals surface area (Å²) in [5, 5.41) is 8.73. The Hall–Kier alpha value is -1.59. The van der Waals surface area contributed by atoms with Gasteiger partial charge in [0.15, 0.2) is 0 Å². The van der Waals surface area contributed by atoms with Gasteiger partial charge in [-0.15, -0.1) is 10.2 Å². The van der Waals surface area contributed by atoms with Gasteiger partial charge in [0.2, 0.25) is 5.95 Å². The molecule has 3 N–H and O–H groups in total. The molecule has 2 rings (SSSR count). The Morgan fingerprint density at radius 3 is 2.82 bits per heavy atom. The number of anilines is 1. The fraction of sp³-hybridized carbons (Fsp3) is 0.273. The minimum absolute atomic E-state index is 0.561. The van der Waals surface area contributed by atoms with E-state index >= 15 is 0 Å². The van der Waals surface area contributed by atoms with Crippen LogP contribution in [0.3, 0.4) is 0 Å². The Bertz CT molecular complexity index is 508. The number of rotatable bonds is 4. The van der Waals surface area contributed by atoms with Gasteiger partial charge in [-0.3, -0.25) is 9.99 Å². The zero-order valence-electron chi connectivity index (χ0n) is 9.52. The largest absolute Gasteiger partial charge is 0.300 e. The highest BCUT2D eigenvalue weighted by atomic mass is 35.5. The van der Waals surface area contributed by atoms with E-state index in [1.54, 1.807) is 0 Å². The number of hydrogen-bond acceptors (Lipinski definition) is 4. The van der Waals surface area contributed by atoms with Crippen molar-refractivity contribution >= 4 is 17.5 Å². The SMILES string of the molecule is Cn1c(CCc2cccc(Cl)c2)nnc1NN. The van der Waals surface area contributed by atoms with E-state index in [-0.39, 0.29) is 0 Å². The number of aromatic nitrogens is 3. The summed E-state index contributed by atoms with van der Waals surface area (Å²) in [6, 6.07) is 7.81. The molecule has 0 aliphatic carbocycles. The van der Waals surface area contributed by atoms with Crippen LogP contribution in [0.15, 0.2) is 24.3 Å². The first kappa shape index (κ1) is 11.9. The van der Waals surface area contributed by atoms with Crippen LogP contribution in [-0.4, -0.2) is 14.8 Å². The summed E-state index contributed by atoms with van der Waals surface area (Å²) in [6.07, 6.45) is 1.67. The maximum absolute atomic E-state index is 5.92. The molecule has 0 saturated heterocycles. The normalized spacial score (nSPS) is 10.5. The molecule has 0 saturated carbocycles. The summed E-state index contributed by atoms with van der Waals surface area (Å²) in [6.45, 7) is 0. The fourth-order valence-electron chi connectivity index (χ4n) is 1.65. The van der Waals surface area contributed by atoms with Gasteiger partial charge in [0.25, 0.3) is 0 Å². The molecule has 0 aliphatic rings.